The van der Waals surface area contributed by atoms with Crippen LogP contribution in [-0.2, 0) is 17.1 Å². The van der Waals surface area contributed by atoms with Crippen molar-refractivity contribution < 1.29 is 23.5 Å². The minimum absolute atomic E-state index is 0.0596. The lowest BCUT2D eigenvalue weighted by atomic mass is 10.2. The zero-order valence-electron chi connectivity index (χ0n) is 18.2. The van der Waals surface area contributed by atoms with E-state index in [0.29, 0.717) is 33.5 Å². The third-order valence-corrected chi connectivity index (χ3v) is 6.54. The maximum Gasteiger partial charge on any atom is 0.341 e. The highest BCUT2D eigenvalue weighted by Crippen LogP contribution is 2.33. The molecule has 4 aromatic rings. The van der Waals surface area contributed by atoms with Crippen molar-refractivity contribution in [2.45, 2.75) is 24.3 Å². The van der Waals surface area contributed by atoms with Gasteiger partial charge in [0.25, 0.3) is 0 Å². The molecule has 8 nitrogen and oxygen atoms in total. The minimum Gasteiger partial charge on any atom is -0.493 e. The number of aryl methyl sites for hydroxylation is 1. The van der Waals surface area contributed by atoms with Crippen LogP contribution in [0.15, 0.2) is 57.5 Å². The molecule has 4 rings (SSSR count). The number of esters is 1. The second-order valence-electron chi connectivity index (χ2n) is 6.86. The summed E-state index contributed by atoms with van der Waals surface area (Å²) < 4.78 is 21.2. The smallest absolute Gasteiger partial charge is 0.341 e. The van der Waals surface area contributed by atoms with Crippen LogP contribution in [0.2, 0.25) is 0 Å². The third kappa shape index (κ3) is 5.52. The fraction of sp³-hybridized carbons (Fsp3) is 0.217. The maximum atomic E-state index is 12.7. The summed E-state index contributed by atoms with van der Waals surface area (Å²) >= 11 is 2.86. The average molecular weight is 484 g/mol. The van der Waals surface area contributed by atoms with E-state index in [9.17, 15) is 4.79 Å². The molecule has 0 unspecified atom stereocenters. The van der Waals surface area contributed by atoms with Crippen LogP contribution in [0.3, 0.4) is 0 Å². The zero-order valence-corrected chi connectivity index (χ0v) is 19.9. The first-order chi connectivity index (χ1) is 16.1. The van der Waals surface area contributed by atoms with Gasteiger partial charge >= 0.3 is 5.97 Å². The van der Waals surface area contributed by atoms with E-state index in [1.54, 1.807) is 32.5 Å². The Morgan fingerprint density at radius 3 is 2.73 bits per heavy atom. The van der Waals surface area contributed by atoms with Crippen molar-refractivity contribution in [1.82, 2.24) is 15.1 Å². The molecule has 0 bridgehead atoms. The van der Waals surface area contributed by atoms with Crippen LogP contribution >= 0.6 is 23.1 Å². The molecule has 0 saturated carbocycles. The first-order valence-corrected chi connectivity index (χ1v) is 11.8. The van der Waals surface area contributed by atoms with Crippen molar-refractivity contribution in [3.63, 3.8) is 0 Å². The van der Waals surface area contributed by atoms with Gasteiger partial charge in [0.15, 0.2) is 11.5 Å². The van der Waals surface area contributed by atoms with Crippen LogP contribution in [-0.4, -0.2) is 35.3 Å². The SMILES string of the molecule is COc1ccc(-c2nc(COC(=O)c3cccnc3SCc3cc(C)on3)cs2)cc1OC. The summed E-state index contributed by atoms with van der Waals surface area (Å²) in [7, 11) is 3.18. The predicted octanol–water partition coefficient (Wildman–Crippen LogP) is 5.17. The van der Waals surface area contributed by atoms with Gasteiger partial charge < -0.3 is 18.7 Å². The van der Waals surface area contributed by atoms with Crippen molar-refractivity contribution in [3.05, 3.63) is 70.7 Å². The normalized spacial score (nSPS) is 10.8. The fourth-order valence-corrected chi connectivity index (χ4v) is 4.65. The highest BCUT2D eigenvalue weighted by atomic mass is 32.2. The standard InChI is InChI=1S/C23H21N3O5S2/c1-14-9-16(26-31-14)12-33-22-18(5-4-8-24-22)23(27)30-11-17-13-32-21(25-17)15-6-7-19(28-2)20(10-15)29-3/h4-10,13H,11-12H2,1-3H3. The number of carbonyl (C=O) groups is 1. The number of ether oxygens (including phenoxy) is 3. The molecular formula is C23H21N3O5S2. The molecule has 170 valence electrons. The molecule has 0 saturated heterocycles. The first kappa shape index (κ1) is 22.8. The Morgan fingerprint density at radius 2 is 1.97 bits per heavy atom. The molecule has 0 aliphatic heterocycles. The minimum atomic E-state index is -0.456. The van der Waals surface area contributed by atoms with E-state index >= 15 is 0 Å². The Morgan fingerprint density at radius 1 is 1.12 bits per heavy atom. The summed E-state index contributed by atoms with van der Waals surface area (Å²) in [6.45, 7) is 1.89. The molecule has 0 spiro atoms. The third-order valence-electron chi connectivity index (χ3n) is 4.56. The highest BCUT2D eigenvalue weighted by Gasteiger charge is 2.16. The van der Waals surface area contributed by atoms with Crippen molar-refractivity contribution >= 4 is 29.1 Å². The number of thiazole rings is 1. The van der Waals surface area contributed by atoms with Crippen LogP contribution in [0.25, 0.3) is 10.6 Å². The molecule has 0 N–H and O–H groups in total. The number of thioether (sulfide) groups is 1. The Kier molecular flexibility index (Phi) is 7.26. The van der Waals surface area contributed by atoms with E-state index in [4.69, 9.17) is 18.7 Å². The number of pyridine rings is 1. The van der Waals surface area contributed by atoms with Crippen LogP contribution in [0, 0.1) is 6.92 Å². The van der Waals surface area contributed by atoms with Gasteiger partial charge in [0.1, 0.15) is 22.4 Å². The molecular weight excluding hydrogens is 462 g/mol. The second-order valence-corrected chi connectivity index (χ2v) is 8.69. The van der Waals surface area contributed by atoms with Gasteiger partial charge in [0, 0.05) is 29.0 Å². The first-order valence-electron chi connectivity index (χ1n) is 9.91. The van der Waals surface area contributed by atoms with Crippen molar-refractivity contribution in [1.29, 1.82) is 0 Å². The summed E-state index contributed by atoms with van der Waals surface area (Å²) in [5, 5.41) is 7.20. The molecule has 1 aromatic carbocycles. The molecule has 0 amide bonds. The van der Waals surface area contributed by atoms with Gasteiger partial charge in [-0.15, -0.1) is 11.3 Å². The van der Waals surface area contributed by atoms with Crippen LogP contribution in [0.4, 0.5) is 0 Å². The van der Waals surface area contributed by atoms with E-state index in [0.717, 1.165) is 22.0 Å². The van der Waals surface area contributed by atoms with Gasteiger partial charge in [-0.05, 0) is 37.3 Å². The van der Waals surface area contributed by atoms with Gasteiger partial charge in [-0.3, -0.25) is 0 Å². The van der Waals surface area contributed by atoms with E-state index in [2.05, 4.69) is 15.1 Å². The molecule has 0 atom stereocenters. The van der Waals surface area contributed by atoms with Gasteiger partial charge in [-0.25, -0.2) is 14.8 Å². The molecule has 10 heteroatoms. The largest absolute Gasteiger partial charge is 0.493 e. The zero-order chi connectivity index (χ0) is 23.2. The number of nitrogens with zero attached hydrogens (tertiary/aromatic N) is 3. The Balaban J connectivity index is 1.40. The quantitative estimate of drug-likeness (QED) is 0.236. The highest BCUT2D eigenvalue weighted by molar-refractivity contribution is 7.98. The van der Waals surface area contributed by atoms with E-state index < -0.39 is 5.97 Å². The Hall–Kier alpha value is -3.37. The summed E-state index contributed by atoms with van der Waals surface area (Å²) in [6, 6.07) is 10.9. The maximum absolute atomic E-state index is 12.7. The lowest BCUT2D eigenvalue weighted by Crippen LogP contribution is -2.08. The monoisotopic (exact) mass is 483 g/mol. The average Bonchev–Trinajstić information content (AvgIpc) is 3.49. The van der Waals surface area contributed by atoms with Crippen molar-refractivity contribution in [2.24, 2.45) is 0 Å². The topological polar surface area (TPSA) is 96.6 Å². The molecule has 3 aromatic heterocycles. The molecule has 3 heterocycles. The van der Waals surface area contributed by atoms with Crippen molar-refractivity contribution in [2.75, 3.05) is 14.2 Å². The van der Waals surface area contributed by atoms with Gasteiger partial charge in [0.05, 0.1) is 31.2 Å². The Bertz CT molecular complexity index is 1250. The molecule has 0 radical (unpaired) electrons. The van der Waals surface area contributed by atoms with Crippen LogP contribution in [0.5, 0.6) is 11.5 Å². The number of carbonyl (C=O) groups excluding carboxylic acids is 1. The molecule has 33 heavy (non-hydrogen) atoms. The number of benzene rings is 1. The second kappa shape index (κ2) is 10.5. The molecule has 0 aliphatic rings. The van der Waals surface area contributed by atoms with Crippen LogP contribution in [0.1, 0.15) is 27.5 Å². The van der Waals surface area contributed by atoms with E-state index in [1.165, 1.54) is 23.1 Å². The lowest BCUT2D eigenvalue weighted by Gasteiger charge is -2.08. The number of methoxy groups -OCH3 is 2. The Labute approximate surface area is 198 Å². The number of aromatic nitrogens is 3. The summed E-state index contributed by atoms with van der Waals surface area (Å²) in [5.74, 6) is 2.09. The lowest BCUT2D eigenvalue weighted by molar-refractivity contribution is 0.0463. The van der Waals surface area contributed by atoms with E-state index in [-0.39, 0.29) is 6.61 Å². The summed E-state index contributed by atoms with van der Waals surface area (Å²) in [5.41, 5.74) is 2.74. The number of hydrogen-bond donors (Lipinski definition) is 0. The van der Waals surface area contributed by atoms with Gasteiger partial charge in [-0.2, -0.15) is 0 Å². The summed E-state index contributed by atoms with van der Waals surface area (Å²) in [4.78, 5) is 21.6. The van der Waals surface area contributed by atoms with Crippen LogP contribution < -0.4 is 9.47 Å². The van der Waals surface area contributed by atoms with Gasteiger partial charge in [-0.1, -0.05) is 16.9 Å². The number of rotatable bonds is 9. The fourth-order valence-electron chi connectivity index (χ4n) is 2.98. The van der Waals surface area contributed by atoms with Crippen molar-refractivity contribution in [3.8, 4) is 22.1 Å². The number of hydrogen-bond acceptors (Lipinski definition) is 10. The van der Waals surface area contributed by atoms with Gasteiger partial charge in [0.2, 0.25) is 0 Å². The predicted molar refractivity (Wildman–Crippen MR) is 125 cm³/mol. The molecule has 0 aliphatic carbocycles. The summed E-state index contributed by atoms with van der Waals surface area (Å²) in [6.07, 6.45) is 1.64. The molecule has 0 fully saturated rings. The van der Waals surface area contributed by atoms with E-state index in [1.807, 2.05) is 36.6 Å².